The molecular weight excluding hydrogens is 350 g/mol. The van der Waals surface area contributed by atoms with Gasteiger partial charge >= 0.3 is 0 Å². The lowest BCUT2D eigenvalue weighted by Gasteiger charge is -2.13. The second-order valence-corrected chi connectivity index (χ2v) is 8.47. The second kappa shape index (κ2) is 7.75. The lowest BCUT2D eigenvalue weighted by Crippen LogP contribution is -3.05. The van der Waals surface area contributed by atoms with Crippen LogP contribution in [0.25, 0.3) is 17.0 Å². The molecule has 3 nitrogen and oxygen atoms in total. The number of rotatable bonds is 5. The van der Waals surface area contributed by atoms with Crippen molar-refractivity contribution in [1.29, 1.82) is 0 Å². The van der Waals surface area contributed by atoms with Crippen LogP contribution in [-0.4, -0.2) is 27.7 Å². The summed E-state index contributed by atoms with van der Waals surface area (Å²) < 4.78 is 2.39. The molecule has 27 heavy (non-hydrogen) atoms. The van der Waals surface area contributed by atoms with Gasteiger partial charge < -0.3 is 9.80 Å². The van der Waals surface area contributed by atoms with Crippen LogP contribution in [0.5, 0.6) is 0 Å². The Labute approximate surface area is 165 Å². The summed E-state index contributed by atoms with van der Waals surface area (Å²) in [4.78, 5) is 5.12. The molecule has 4 heteroatoms. The van der Waals surface area contributed by atoms with E-state index in [1.165, 1.54) is 49.9 Å². The number of anilines is 1. The van der Waals surface area contributed by atoms with Crippen LogP contribution < -0.4 is 14.4 Å². The molecule has 2 heterocycles. The van der Waals surface area contributed by atoms with Crippen molar-refractivity contribution in [3.05, 3.63) is 71.4 Å². The first-order valence-corrected chi connectivity index (χ1v) is 10.4. The van der Waals surface area contributed by atoms with E-state index in [0.29, 0.717) is 0 Å². The Morgan fingerprint density at radius 2 is 1.81 bits per heavy atom. The molecule has 0 unspecified atom stereocenters. The average Bonchev–Trinajstić information content (AvgIpc) is 2.99. The molecule has 0 fully saturated rings. The molecule has 1 aromatic heterocycles. The minimum Gasteiger partial charge on any atom is -0.340 e. The highest BCUT2D eigenvalue weighted by atomic mass is 32.2. The second-order valence-electron chi connectivity index (χ2n) is 7.40. The van der Waals surface area contributed by atoms with Gasteiger partial charge in [0.1, 0.15) is 0 Å². The number of hydrogen-bond donors (Lipinski definition) is 1. The van der Waals surface area contributed by atoms with Crippen LogP contribution >= 0.6 is 11.8 Å². The van der Waals surface area contributed by atoms with Gasteiger partial charge in [-0.1, -0.05) is 36.0 Å². The number of para-hydroxylation sites is 2. The third-order valence-corrected chi connectivity index (χ3v) is 6.25. The summed E-state index contributed by atoms with van der Waals surface area (Å²) in [5, 5.41) is 2.59. The molecule has 3 aromatic rings. The Morgan fingerprint density at radius 3 is 2.63 bits per heavy atom. The molecular formula is C23H27N3S+2. The Hall–Kier alpha value is -2.30. The van der Waals surface area contributed by atoms with Crippen LogP contribution in [0.2, 0.25) is 0 Å². The van der Waals surface area contributed by atoms with Crippen LogP contribution in [0.4, 0.5) is 5.69 Å². The molecule has 1 aliphatic rings. The first-order valence-electron chi connectivity index (χ1n) is 9.56. The standard InChI is InChI=1S/C23H26N3S/c1-24(2)14-8-15-26-16-13-18(19-9-4-5-10-20(19)26)17-23-25(3)21-11-6-7-12-22(21)27-23/h4-7,9-13,16-17H,8,14-15H2,1-3H3/q+1/p+1. The summed E-state index contributed by atoms with van der Waals surface area (Å²) >= 11 is 1.85. The summed E-state index contributed by atoms with van der Waals surface area (Å²) in [6, 6.07) is 19.6. The summed E-state index contributed by atoms with van der Waals surface area (Å²) in [5.41, 5.74) is 3.88. The van der Waals surface area contributed by atoms with Crippen molar-refractivity contribution in [1.82, 2.24) is 0 Å². The Balaban J connectivity index is 1.68. The van der Waals surface area contributed by atoms with Crippen LogP contribution in [0.3, 0.4) is 0 Å². The number of fused-ring (bicyclic) bond motifs is 2. The molecule has 0 bridgehead atoms. The van der Waals surface area contributed by atoms with E-state index in [9.17, 15) is 0 Å². The quantitative estimate of drug-likeness (QED) is 0.685. The first-order chi connectivity index (χ1) is 13.1. The van der Waals surface area contributed by atoms with Gasteiger partial charge in [0.05, 0.1) is 43.2 Å². The summed E-state index contributed by atoms with van der Waals surface area (Å²) in [7, 11) is 6.58. The zero-order chi connectivity index (χ0) is 18.8. The minimum atomic E-state index is 1.06. The van der Waals surface area contributed by atoms with Crippen molar-refractivity contribution < 1.29 is 9.47 Å². The third-order valence-electron chi connectivity index (χ3n) is 5.09. The Bertz CT molecular complexity index is 994. The number of quaternary nitrogens is 1. The van der Waals surface area contributed by atoms with Crippen LogP contribution in [0, 0.1) is 0 Å². The van der Waals surface area contributed by atoms with Gasteiger partial charge in [0.25, 0.3) is 0 Å². The number of aryl methyl sites for hydroxylation is 1. The fourth-order valence-corrected chi connectivity index (χ4v) is 4.71. The molecule has 0 spiro atoms. The van der Waals surface area contributed by atoms with Gasteiger partial charge in [0.2, 0.25) is 5.52 Å². The van der Waals surface area contributed by atoms with E-state index in [0.717, 1.165) is 6.54 Å². The predicted octanol–water partition coefficient (Wildman–Crippen LogP) is 3.20. The molecule has 4 rings (SSSR count). The summed E-state index contributed by atoms with van der Waals surface area (Å²) in [5.74, 6) is 0. The maximum Gasteiger partial charge on any atom is 0.213 e. The number of nitrogens with zero attached hydrogens (tertiary/aromatic N) is 2. The molecule has 0 saturated carbocycles. The van der Waals surface area contributed by atoms with E-state index >= 15 is 0 Å². The normalized spacial score (nSPS) is 15.1. The predicted molar refractivity (Wildman–Crippen MR) is 115 cm³/mol. The Morgan fingerprint density at radius 1 is 1.04 bits per heavy atom. The average molecular weight is 378 g/mol. The van der Waals surface area contributed by atoms with Crippen molar-refractivity contribution in [3.63, 3.8) is 0 Å². The van der Waals surface area contributed by atoms with Crippen molar-refractivity contribution in [2.24, 2.45) is 0 Å². The molecule has 2 aromatic carbocycles. The number of pyridine rings is 1. The number of aromatic nitrogens is 1. The highest BCUT2D eigenvalue weighted by Gasteiger charge is 2.22. The smallest absolute Gasteiger partial charge is 0.213 e. The lowest BCUT2D eigenvalue weighted by molar-refractivity contribution is -0.861. The number of hydrogen-bond acceptors (Lipinski definition) is 2. The van der Waals surface area contributed by atoms with Gasteiger partial charge in [-0.05, 0) is 29.8 Å². The van der Waals surface area contributed by atoms with Crippen molar-refractivity contribution in [3.8, 4) is 0 Å². The maximum absolute atomic E-state index is 2.39. The highest BCUT2D eigenvalue weighted by Crippen LogP contribution is 2.45. The number of nitrogens with one attached hydrogen (secondary N) is 1. The number of thioether (sulfide) groups is 1. The van der Waals surface area contributed by atoms with Gasteiger partial charge in [0.15, 0.2) is 12.7 Å². The van der Waals surface area contributed by atoms with Crippen molar-refractivity contribution in [2.75, 3.05) is 32.6 Å². The molecule has 0 amide bonds. The first kappa shape index (κ1) is 18.1. The van der Waals surface area contributed by atoms with Crippen molar-refractivity contribution in [2.45, 2.75) is 17.9 Å². The third kappa shape index (κ3) is 3.73. The molecule has 0 aliphatic carbocycles. The topological polar surface area (TPSA) is 11.6 Å². The molecule has 0 atom stereocenters. The van der Waals surface area contributed by atoms with E-state index < -0.39 is 0 Å². The van der Waals surface area contributed by atoms with E-state index in [2.05, 4.69) is 97.5 Å². The molecule has 0 saturated heterocycles. The SMILES string of the molecule is CN1/C(=C/c2cc[n+](CCC[NH+](C)C)c3ccccc23)Sc2ccccc21. The number of benzene rings is 2. The zero-order valence-electron chi connectivity index (χ0n) is 16.3. The summed E-state index contributed by atoms with van der Waals surface area (Å²) in [6.45, 7) is 2.25. The largest absolute Gasteiger partial charge is 0.340 e. The molecule has 1 aliphatic heterocycles. The Kier molecular flexibility index (Phi) is 5.19. The molecule has 0 radical (unpaired) electrons. The van der Waals surface area contributed by atoms with E-state index in [1.807, 2.05) is 11.8 Å². The van der Waals surface area contributed by atoms with Gasteiger partial charge in [-0.2, -0.15) is 4.57 Å². The highest BCUT2D eigenvalue weighted by molar-refractivity contribution is 8.03. The van der Waals surface area contributed by atoms with Crippen LogP contribution in [0.15, 0.2) is 70.7 Å². The zero-order valence-corrected chi connectivity index (χ0v) is 17.1. The van der Waals surface area contributed by atoms with E-state index in [1.54, 1.807) is 0 Å². The van der Waals surface area contributed by atoms with Crippen molar-refractivity contribution >= 4 is 34.4 Å². The maximum atomic E-state index is 2.39. The van der Waals surface area contributed by atoms with Gasteiger partial charge in [-0.15, -0.1) is 0 Å². The summed E-state index contributed by atoms with van der Waals surface area (Å²) in [6.07, 6.45) is 5.75. The minimum absolute atomic E-state index is 1.06. The molecule has 138 valence electrons. The monoisotopic (exact) mass is 377 g/mol. The van der Waals surface area contributed by atoms with Crippen LogP contribution in [0.1, 0.15) is 12.0 Å². The fourth-order valence-electron chi connectivity index (χ4n) is 3.61. The fraction of sp³-hybridized carbons (Fsp3) is 0.261. The lowest BCUT2D eigenvalue weighted by atomic mass is 10.1. The molecule has 1 N–H and O–H groups in total. The van der Waals surface area contributed by atoms with Gasteiger partial charge in [0, 0.05) is 24.1 Å². The van der Waals surface area contributed by atoms with Crippen LogP contribution in [-0.2, 0) is 6.54 Å². The van der Waals surface area contributed by atoms with E-state index in [4.69, 9.17) is 0 Å². The van der Waals surface area contributed by atoms with Gasteiger partial charge in [-0.3, -0.25) is 0 Å². The van der Waals surface area contributed by atoms with E-state index in [-0.39, 0.29) is 0 Å². The van der Waals surface area contributed by atoms with Gasteiger partial charge in [-0.25, -0.2) is 0 Å².